The fourth-order valence-electron chi connectivity index (χ4n) is 3.85. The van der Waals surface area contributed by atoms with Gasteiger partial charge in [-0.05, 0) is 55.8 Å². The maximum Gasteiger partial charge on any atom is 0.325 e. The number of ether oxygens (including phenoxy) is 1. The first-order valence-corrected chi connectivity index (χ1v) is 12.8. The summed E-state index contributed by atoms with van der Waals surface area (Å²) in [6.07, 6.45) is 0. The molecule has 0 aromatic heterocycles. The Morgan fingerprint density at radius 3 is 2.17 bits per heavy atom. The Labute approximate surface area is 205 Å². The maximum absolute atomic E-state index is 13.1. The molecule has 2 aromatic carbocycles. The Morgan fingerprint density at radius 2 is 1.63 bits per heavy atom. The van der Waals surface area contributed by atoms with E-state index in [2.05, 4.69) is 10.6 Å². The lowest BCUT2D eigenvalue weighted by Crippen LogP contribution is -2.42. The molecule has 0 bridgehead atoms. The van der Waals surface area contributed by atoms with E-state index in [0.29, 0.717) is 36.7 Å². The number of hydrogen-bond acceptors (Lipinski definition) is 6. The summed E-state index contributed by atoms with van der Waals surface area (Å²) >= 11 is 0. The second-order valence-electron chi connectivity index (χ2n) is 8.07. The SMILES string of the molecule is CCOc1ccc([C@]2(C)NC(=O)N(CC(=O)Nc3ccc(S(=O)(=O)N(CC)CC)cc3)C2=O)cc1. The van der Waals surface area contributed by atoms with Gasteiger partial charge in [0.2, 0.25) is 15.9 Å². The van der Waals surface area contributed by atoms with Gasteiger partial charge >= 0.3 is 6.03 Å². The third-order valence-corrected chi connectivity index (χ3v) is 7.86. The molecule has 4 amide bonds. The van der Waals surface area contributed by atoms with Crippen molar-refractivity contribution >= 4 is 33.6 Å². The number of imide groups is 1. The molecule has 0 aliphatic carbocycles. The summed E-state index contributed by atoms with van der Waals surface area (Å²) in [5, 5.41) is 5.25. The number of anilines is 1. The number of nitrogens with one attached hydrogen (secondary N) is 2. The smallest absolute Gasteiger partial charge is 0.325 e. The van der Waals surface area contributed by atoms with Crippen LogP contribution in [0.5, 0.6) is 5.75 Å². The van der Waals surface area contributed by atoms with Gasteiger partial charge in [0.05, 0.1) is 11.5 Å². The largest absolute Gasteiger partial charge is 0.494 e. The number of amides is 4. The van der Waals surface area contributed by atoms with E-state index >= 15 is 0 Å². The zero-order valence-electron chi connectivity index (χ0n) is 20.2. The van der Waals surface area contributed by atoms with Crippen molar-refractivity contribution in [3.05, 3.63) is 54.1 Å². The van der Waals surface area contributed by atoms with Gasteiger partial charge in [-0.2, -0.15) is 4.31 Å². The van der Waals surface area contributed by atoms with Gasteiger partial charge in [0.1, 0.15) is 17.8 Å². The van der Waals surface area contributed by atoms with E-state index < -0.39 is 40.0 Å². The lowest BCUT2D eigenvalue weighted by molar-refractivity contribution is -0.133. The summed E-state index contributed by atoms with van der Waals surface area (Å²) in [5.41, 5.74) is -0.412. The van der Waals surface area contributed by atoms with Gasteiger partial charge in [-0.3, -0.25) is 14.5 Å². The fraction of sp³-hybridized carbons (Fsp3) is 0.375. The summed E-state index contributed by atoms with van der Waals surface area (Å²) in [6, 6.07) is 11.9. The molecule has 188 valence electrons. The van der Waals surface area contributed by atoms with Crippen LogP contribution in [-0.4, -0.2) is 61.7 Å². The number of carbonyl (C=O) groups excluding carboxylic acids is 3. The summed E-state index contributed by atoms with van der Waals surface area (Å²) in [5.74, 6) is -0.505. The second kappa shape index (κ2) is 10.4. The van der Waals surface area contributed by atoms with Crippen molar-refractivity contribution in [1.29, 1.82) is 0 Å². The van der Waals surface area contributed by atoms with Gasteiger partial charge in [0.25, 0.3) is 5.91 Å². The molecule has 11 heteroatoms. The number of sulfonamides is 1. The fourth-order valence-corrected chi connectivity index (χ4v) is 5.31. The molecular weight excluding hydrogens is 472 g/mol. The van der Waals surface area contributed by atoms with E-state index in [1.165, 1.54) is 28.6 Å². The summed E-state index contributed by atoms with van der Waals surface area (Å²) < 4.78 is 32.0. The van der Waals surface area contributed by atoms with Crippen LogP contribution in [0.15, 0.2) is 53.4 Å². The molecule has 0 radical (unpaired) electrons. The minimum atomic E-state index is -3.62. The van der Waals surface area contributed by atoms with Gasteiger partial charge in [-0.25, -0.2) is 13.2 Å². The Kier molecular flexibility index (Phi) is 7.81. The molecule has 2 aromatic rings. The van der Waals surface area contributed by atoms with Crippen molar-refractivity contribution < 1.29 is 27.5 Å². The topological polar surface area (TPSA) is 125 Å². The molecule has 3 rings (SSSR count). The second-order valence-corrected chi connectivity index (χ2v) is 10.0. The molecule has 0 unspecified atom stereocenters. The van der Waals surface area contributed by atoms with Crippen molar-refractivity contribution in [2.45, 2.75) is 38.1 Å². The van der Waals surface area contributed by atoms with Crippen LogP contribution in [0.1, 0.15) is 33.3 Å². The molecule has 1 saturated heterocycles. The van der Waals surface area contributed by atoms with Crippen LogP contribution in [-0.2, 0) is 25.2 Å². The van der Waals surface area contributed by atoms with Crippen molar-refractivity contribution in [2.75, 3.05) is 31.6 Å². The highest BCUT2D eigenvalue weighted by Gasteiger charge is 2.49. The minimum absolute atomic E-state index is 0.111. The Morgan fingerprint density at radius 1 is 1.03 bits per heavy atom. The molecule has 2 N–H and O–H groups in total. The van der Waals surface area contributed by atoms with E-state index in [0.717, 1.165) is 4.90 Å². The zero-order chi connectivity index (χ0) is 25.8. The lowest BCUT2D eigenvalue weighted by Gasteiger charge is -2.22. The molecular formula is C24H30N4O6S. The normalized spacial score (nSPS) is 18.0. The molecule has 1 fully saturated rings. The molecule has 1 heterocycles. The molecule has 1 atom stereocenters. The third-order valence-electron chi connectivity index (χ3n) is 5.80. The monoisotopic (exact) mass is 502 g/mol. The Hall–Kier alpha value is -3.44. The van der Waals surface area contributed by atoms with E-state index in [1.807, 2.05) is 6.92 Å². The van der Waals surface area contributed by atoms with E-state index in [4.69, 9.17) is 4.74 Å². The van der Waals surface area contributed by atoms with Crippen molar-refractivity contribution in [1.82, 2.24) is 14.5 Å². The number of nitrogens with zero attached hydrogens (tertiary/aromatic N) is 2. The standard InChI is InChI=1S/C24H30N4O6S/c1-5-27(6-2)35(32,33)20-14-10-18(11-15-20)25-21(29)16-28-22(30)24(4,26-23(28)31)17-8-12-19(13-9-17)34-7-3/h8-15H,5-7,16H2,1-4H3,(H,25,29)(H,26,31)/t24-/m0/s1. The van der Waals surface area contributed by atoms with Crippen LogP contribution in [0.4, 0.5) is 10.5 Å². The number of benzene rings is 2. The van der Waals surface area contributed by atoms with Gasteiger partial charge in [0.15, 0.2) is 0 Å². The van der Waals surface area contributed by atoms with Crippen LogP contribution in [0.2, 0.25) is 0 Å². The average molecular weight is 503 g/mol. The van der Waals surface area contributed by atoms with E-state index in [-0.39, 0.29) is 4.90 Å². The minimum Gasteiger partial charge on any atom is -0.494 e. The van der Waals surface area contributed by atoms with E-state index in [1.54, 1.807) is 45.0 Å². The molecule has 0 saturated carbocycles. The lowest BCUT2D eigenvalue weighted by atomic mass is 9.92. The van der Waals surface area contributed by atoms with Crippen LogP contribution in [0, 0.1) is 0 Å². The highest BCUT2D eigenvalue weighted by atomic mass is 32.2. The molecule has 35 heavy (non-hydrogen) atoms. The van der Waals surface area contributed by atoms with Crippen LogP contribution in [0.3, 0.4) is 0 Å². The maximum atomic E-state index is 13.1. The first-order valence-electron chi connectivity index (χ1n) is 11.3. The highest BCUT2D eigenvalue weighted by molar-refractivity contribution is 7.89. The summed E-state index contributed by atoms with van der Waals surface area (Å²) in [7, 11) is -3.62. The Bertz CT molecular complexity index is 1190. The van der Waals surface area contributed by atoms with Gasteiger partial charge in [0, 0.05) is 18.8 Å². The molecule has 1 aliphatic rings. The summed E-state index contributed by atoms with van der Waals surface area (Å²) in [4.78, 5) is 39.1. The quantitative estimate of drug-likeness (QED) is 0.481. The van der Waals surface area contributed by atoms with E-state index in [9.17, 15) is 22.8 Å². The number of rotatable bonds is 10. The van der Waals surface area contributed by atoms with Crippen molar-refractivity contribution in [2.24, 2.45) is 0 Å². The molecule has 0 spiro atoms. The first kappa shape index (κ1) is 26.2. The first-order chi connectivity index (χ1) is 16.6. The third kappa shape index (κ3) is 5.30. The molecule has 1 aliphatic heterocycles. The highest BCUT2D eigenvalue weighted by Crippen LogP contribution is 2.30. The number of hydrogen-bond donors (Lipinski definition) is 2. The van der Waals surface area contributed by atoms with Crippen LogP contribution < -0.4 is 15.4 Å². The average Bonchev–Trinajstić information content (AvgIpc) is 3.04. The summed E-state index contributed by atoms with van der Waals surface area (Å²) in [6.45, 7) is 7.66. The number of carbonyl (C=O) groups is 3. The van der Waals surface area contributed by atoms with Crippen LogP contribution >= 0.6 is 0 Å². The zero-order valence-corrected chi connectivity index (χ0v) is 21.0. The van der Waals surface area contributed by atoms with Crippen molar-refractivity contribution in [3.8, 4) is 5.75 Å². The predicted molar refractivity (Wildman–Crippen MR) is 130 cm³/mol. The van der Waals surface area contributed by atoms with Gasteiger partial charge < -0.3 is 15.4 Å². The number of urea groups is 1. The van der Waals surface area contributed by atoms with Gasteiger partial charge in [-0.1, -0.05) is 26.0 Å². The van der Waals surface area contributed by atoms with Crippen LogP contribution in [0.25, 0.3) is 0 Å². The Balaban J connectivity index is 1.68. The predicted octanol–water partition coefficient (Wildman–Crippen LogP) is 2.52. The molecule has 10 nitrogen and oxygen atoms in total. The van der Waals surface area contributed by atoms with Gasteiger partial charge in [-0.15, -0.1) is 0 Å². The van der Waals surface area contributed by atoms with Crippen molar-refractivity contribution in [3.63, 3.8) is 0 Å².